The van der Waals surface area contributed by atoms with Crippen molar-refractivity contribution in [3.05, 3.63) is 0 Å². The molecular formula is C12H24N2S2. The molecule has 2 fully saturated rings. The highest BCUT2D eigenvalue weighted by Crippen LogP contribution is 2.18. The van der Waals surface area contributed by atoms with Gasteiger partial charge in [0.2, 0.25) is 0 Å². The Hall–Kier alpha value is 0.620. The Morgan fingerprint density at radius 3 is 2.62 bits per heavy atom. The third kappa shape index (κ3) is 4.13. The number of nitrogens with one attached hydrogen (secondary N) is 1. The Kier molecular flexibility index (Phi) is 5.83. The van der Waals surface area contributed by atoms with E-state index in [4.69, 9.17) is 0 Å². The molecule has 2 nitrogen and oxygen atoms in total. The molecule has 2 aliphatic heterocycles. The summed E-state index contributed by atoms with van der Waals surface area (Å²) in [5.41, 5.74) is 0. The van der Waals surface area contributed by atoms with E-state index in [1.54, 1.807) is 0 Å². The number of nitrogens with zero attached hydrogens (tertiary/aromatic N) is 1. The molecule has 16 heavy (non-hydrogen) atoms. The SMILES string of the molecule is CN1CCCCC1CNC1CSCCSC1. The van der Waals surface area contributed by atoms with Crippen LogP contribution in [0.1, 0.15) is 19.3 Å². The highest BCUT2D eigenvalue weighted by atomic mass is 32.2. The van der Waals surface area contributed by atoms with Crippen molar-refractivity contribution in [2.45, 2.75) is 31.3 Å². The Bertz CT molecular complexity index is 193. The highest BCUT2D eigenvalue weighted by molar-refractivity contribution is 8.03. The number of hydrogen-bond donors (Lipinski definition) is 1. The van der Waals surface area contributed by atoms with E-state index in [-0.39, 0.29) is 0 Å². The summed E-state index contributed by atoms with van der Waals surface area (Å²) >= 11 is 4.23. The first-order chi connectivity index (χ1) is 7.86. The summed E-state index contributed by atoms with van der Waals surface area (Å²) in [5, 5.41) is 3.78. The van der Waals surface area contributed by atoms with Crippen LogP contribution in [0, 0.1) is 0 Å². The van der Waals surface area contributed by atoms with Crippen molar-refractivity contribution in [3.8, 4) is 0 Å². The van der Waals surface area contributed by atoms with Gasteiger partial charge in [0.25, 0.3) is 0 Å². The fourth-order valence-corrected chi connectivity index (χ4v) is 4.91. The van der Waals surface area contributed by atoms with Crippen LogP contribution in [0.2, 0.25) is 0 Å². The smallest absolute Gasteiger partial charge is 0.0249 e. The number of likely N-dealkylation sites (tertiary alicyclic amines) is 1. The first-order valence-electron chi connectivity index (χ1n) is 6.45. The highest BCUT2D eigenvalue weighted by Gasteiger charge is 2.20. The summed E-state index contributed by atoms with van der Waals surface area (Å²) in [6.07, 6.45) is 4.20. The topological polar surface area (TPSA) is 15.3 Å². The third-order valence-electron chi connectivity index (χ3n) is 3.57. The van der Waals surface area contributed by atoms with Gasteiger partial charge in [-0.15, -0.1) is 0 Å². The van der Waals surface area contributed by atoms with E-state index in [0.717, 1.165) is 12.1 Å². The van der Waals surface area contributed by atoms with E-state index >= 15 is 0 Å². The van der Waals surface area contributed by atoms with Crippen molar-refractivity contribution < 1.29 is 0 Å². The largest absolute Gasteiger partial charge is 0.311 e. The van der Waals surface area contributed by atoms with Gasteiger partial charge in [0, 0.05) is 41.6 Å². The summed E-state index contributed by atoms with van der Waals surface area (Å²) in [4.78, 5) is 2.54. The van der Waals surface area contributed by atoms with Crippen molar-refractivity contribution in [2.24, 2.45) is 0 Å². The zero-order valence-electron chi connectivity index (χ0n) is 10.3. The van der Waals surface area contributed by atoms with Gasteiger partial charge in [0.1, 0.15) is 0 Å². The Morgan fingerprint density at radius 1 is 1.19 bits per heavy atom. The number of piperidine rings is 1. The predicted octanol–water partition coefficient (Wildman–Crippen LogP) is 1.91. The minimum atomic E-state index is 0.743. The van der Waals surface area contributed by atoms with Crippen LogP contribution in [0.15, 0.2) is 0 Å². The van der Waals surface area contributed by atoms with Gasteiger partial charge in [-0.05, 0) is 26.4 Å². The molecule has 0 aromatic carbocycles. The third-order valence-corrected chi connectivity index (χ3v) is 6.09. The number of hydrogen-bond acceptors (Lipinski definition) is 4. The maximum Gasteiger partial charge on any atom is 0.0249 e. The Balaban J connectivity index is 1.68. The van der Waals surface area contributed by atoms with Crippen molar-refractivity contribution in [3.63, 3.8) is 0 Å². The second kappa shape index (κ2) is 7.14. The zero-order valence-corrected chi connectivity index (χ0v) is 11.9. The molecule has 2 aliphatic rings. The normalized spacial score (nSPS) is 30.2. The predicted molar refractivity (Wildman–Crippen MR) is 76.7 cm³/mol. The number of thioether (sulfide) groups is 2. The van der Waals surface area contributed by atoms with Gasteiger partial charge in [-0.1, -0.05) is 6.42 Å². The molecule has 0 bridgehead atoms. The van der Waals surface area contributed by atoms with E-state index in [0.29, 0.717) is 0 Å². The van der Waals surface area contributed by atoms with Crippen LogP contribution in [0.25, 0.3) is 0 Å². The van der Waals surface area contributed by atoms with E-state index in [1.165, 1.54) is 55.4 Å². The molecule has 0 aliphatic carbocycles. The molecule has 0 saturated carbocycles. The maximum absolute atomic E-state index is 3.78. The van der Waals surface area contributed by atoms with Gasteiger partial charge in [-0.3, -0.25) is 0 Å². The van der Waals surface area contributed by atoms with E-state index in [2.05, 4.69) is 40.8 Å². The molecule has 2 rings (SSSR count). The van der Waals surface area contributed by atoms with Gasteiger partial charge >= 0.3 is 0 Å². The van der Waals surface area contributed by atoms with Gasteiger partial charge < -0.3 is 10.2 Å². The average Bonchev–Trinajstić information content (AvgIpc) is 2.56. The molecule has 1 N–H and O–H groups in total. The van der Waals surface area contributed by atoms with E-state index < -0.39 is 0 Å². The summed E-state index contributed by atoms with van der Waals surface area (Å²) in [5.74, 6) is 5.30. The van der Waals surface area contributed by atoms with Crippen LogP contribution in [0.4, 0.5) is 0 Å². The van der Waals surface area contributed by atoms with Gasteiger partial charge in [-0.25, -0.2) is 0 Å². The summed E-state index contributed by atoms with van der Waals surface area (Å²) in [6, 6.07) is 1.53. The molecule has 94 valence electrons. The molecule has 0 aromatic heterocycles. The quantitative estimate of drug-likeness (QED) is 0.833. The lowest BCUT2D eigenvalue weighted by Gasteiger charge is -2.33. The Morgan fingerprint density at radius 2 is 1.94 bits per heavy atom. The lowest BCUT2D eigenvalue weighted by Crippen LogP contribution is -2.46. The van der Waals surface area contributed by atoms with Crippen molar-refractivity contribution in [1.82, 2.24) is 10.2 Å². The second-order valence-corrected chi connectivity index (χ2v) is 7.18. The molecule has 0 aromatic rings. The zero-order chi connectivity index (χ0) is 11.2. The molecule has 4 heteroatoms. The van der Waals surface area contributed by atoms with E-state index in [9.17, 15) is 0 Å². The number of likely N-dealkylation sites (N-methyl/N-ethyl adjacent to an activating group) is 1. The van der Waals surface area contributed by atoms with Gasteiger partial charge in [0.15, 0.2) is 0 Å². The lowest BCUT2D eigenvalue weighted by molar-refractivity contribution is 0.179. The summed E-state index contributed by atoms with van der Waals surface area (Å²) in [6.45, 7) is 2.49. The van der Waals surface area contributed by atoms with Gasteiger partial charge in [0.05, 0.1) is 0 Å². The number of rotatable bonds is 3. The molecule has 1 unspecified atom stereocenters. The van der Waals surface area contributed by atoms with Crippen molar-refractivity contribution in [1.29, 1.82) is 0 Å². The fourth-order valence-electron chi connectivity index (χ4n) is 2.44. The van der Waals surface area contributed by atoms with Crippen molar-refractivity contribution >= 4 is 23.5 Å². The first-order valence-corrected chi connectivity index (χ1v) is 8.76. The van der Waals surface area contributed by atoms with Crippen LogP contribution in [-0.2, 0) is 0 Å². The van der Waals surface area contributed by atoms with Crippen LogP contribution < -0.4 is 5.32 Å². The van der Waals surface area contributed by atoms with Crippen LogP contribution in [0.3, 0.4) is 0 Å². The standard InChI is InChI=1S/C12H24N2S2/c1-14-5-3-2-4-12(14)8-13-11-9-15-6-7-16-10-11/h11-13H,2-10H2,1H3. The lowest BCUT2D eigenvalue weighted by atomic mass is 10.0. The molecular weight excluding hydrogens is 236 g/mol. The summed E-state index contributed by atoms with van der Waals surface area (Å²) < 4.78 is 0. The molecule has 2 heterocycles. The van der Waals surface area contributed by atoms with Crippen LogP contribution in [0.5, 0.6) is 0 Å². The van der Waals surface area contributed by atoms with E-state index in [1.807, 2.05) is 0 Å². The van der Waals surface area contributed by atoms with Crippen LogP contribution >= 0.6 is 23.5 Å². The summed E-state index contributed by atoms with van der Waals surface area (Å²) in [7, 11) is 2.28. The Labute approximate surface area is 108 Å². The molecule has 0 radical (unpaired) electrons. The monoisotopic (exact) mass is 260 g/mol. The minimum absolute atomic E-state index is 0.743. The molecule has 0 amide bonds. The molecule has 0 spiro atoms. The second-order valence-electron chi connectivity index (χ2n) is 4.89. The molecule has 2 saturated heterocycles. The van der Waals surface area contributed by atoms with Gasteiger partial charge in [-0.2, -0.15) is 23.5 Å². The first kappa shape index (κ1) is 13.1. The fraction of sp³-hybridized carbons (Fsp3) is 1.00. The van der Waals surface area contributed by atoms with Crippen LogP contribution in [-0.4, -0.2) is 60.1 Å². The minimum Gasteiger partial charge on any atom is -0.311 e. The molecule has 1 atom stereocenters. The average molecular weight is 260 g/mol. The van der Waals surface area contributed by atoms with Crippen molar-refractivity contribution in [2.75, 3.05) is 43.1 Å². The maximum atomic E-state index is 3.78.